The van der Waals surface area contributed by atoms with Crippen molar-refractivity contribution in [2.75, 3.05) is 36.6 Å². The van der Waals surface area contributed by atoms with E-state index in [1.807, 2.05) is 66.1 Å². The summed E-state index contributed by atoms with van der Waals surface area (Å²) >= 11 is 0. The number of morpholine rings is 1. The Labute approximate surface area is 169 Å². The molecule has 0 aliphatic carbocycles. The molecule has 8 heteroatoms. The van der Waals surface area contributed by atoms with Crippen LogP contribution in [0.5, 0.6) is 0 Å². The van der Waals surface area contributed by atoms with Crippen molar-refractivity contribution < 1.29 is 4.74 Å². The van der Waals surface area contributed by atoms with Gasteiger partial charge in [0.1, 0.15) is 6.07 Å². The summed E-state index contributed by atoms with van der Waals surface area (Å²) in [5, 5.41) is 22.7. The van der Waals surface area contributed by atoms with Crippen molar-refractivity contribution in [2.24, 2.45) is 5.10 Å². The molecule has 4 rings (SSSR count). The van der Waals surface area contributed by atoms with Gasteiger partial charge in [-0.25, -0.2) is 0 Å². The minimum atomic E-state index is 0.154. The van der Waals surface area contributed by atoms with Crippen LogP contribution in [0.2, 0.25) is 0 Å². The minimum Gasteiger partial charge on any atom is -0.378 e. The number of benzene rings is 2. The topological polar surface area (TPSA) is 91.4 Å². The van der Waals surface area contributed by atoms with Crippen LogP contribution in [0.3, 0.4) is 0 Å². The number of rotatable bonds is 5. The van der Waals surface area contributed by atoms with E-state index in [1.54, 1.807) is 0 Å². The van der Waals surface area contributed by atoms with Gasteiger partial charge in [-0.3, -0.25) is 9.99 Å². The first-order chi connectivity index (χ1) is 14.3. The van der Waals surface area contributed by atoms with Crippen molar-refractivity contribution in [3.63, 3.8) is 0 Å². The smallest absolute Gasteiger partial charge is 0.232 e. The Morgan fingerprint density at radius 2 is 1.79 bits per heavy atom. The van der Waals surface area contributed by atoms with Crippen LogP contribution in [-0.2, 0) is 4.74 Å². The summed E-state index contributed by atoms with van der Waals surface area (Å²) in [6, 6.07) is 19.7. The third kappa shape index (κ3) is 4.10. The van der Waals surface area contributed by atoms with Gasteiger partial charge in [-0.15, -0.1) is 10.2 Å². The normalized spacial score (nSPS) is 14.5. The maximum absolute atomic E-state index is 9.76. The number of nitrogens with one attached hydrogen (secondary N) is 1. The van der Waals surface area contributed by atoms with Gasteiger partial charge in [-0.2, -0.15) is 10.4 Å². The number of anilines is 2. The average molecular weight is 387 g/mol. The lowest BCUT2D eigenvalue weighted by atomic mass is 10.2. The lowest BCUT2D eigenvalue weighted by Crippen LogP contribution is -2.38. The highest BCUT2D eigenvalue weighted by atomic mass is 16.5. The molecule has 29 heavy (non-hydrogen) atoms. The number of hydrogen-bond donors (Lipinski definition) is 1. The van der Waals surface area contributed by atoms with E-state index in [0.29, 0.717) is 38.1 Å². The van der Waals surface area contributed by atoms with E-state index in [4.69, 9.17) is 4.74 Å². The molecule has 0 radical (unpaired) electrons. The molecule has 2 aromatic carbocycles. The molecule has 1 N–H and O–H groups in total. The van der Waals surface area contributed by atoms with E-state index in [0.717, 1.165) is 16.9 Å². The molecule has 1 saturated heterocycles. The summed E-state index contributed by atoms with van der Waals surface area (Å²) in [4.78, 5) is 2.11. The van der Waals surface area contributed by atoms with E-state index >= 15 is 0 Å². The molecule has 0 saturated carbocycles. The molecular weight excluding hydrogens is 366 g/mol. The van der Waals surface area contributed by atoms with Crippen molar-refractivity contribution >= 4 is 17.3 Å². The van der Waals surface area contributed by atoms with Gasteiger partial charge in [0, 0.05) is 13.1 Å². The maximum Gasteiger partial charge on any atom is 0.232 e. The van der Waals surface area contributed by atoms with Gasteiger partial charge < -0.3 is 9.64 Å². The molecule has 0 atom stereocenters. The van der Waals surface area contributed by atoms with Crippen LogP contribution in [-0.4, -0.2) is 46.8 Å². The van der Waals surface area contributed by atoms with Crippen molar-refractivity contribution in [2.45, 2.75) is 6.92 Å². The van der Waals surface area contributed by atoms with Crippen LogP contribution in [0.25, 0.3) is 5.69 Å². The molecule has 0 spiro atoms. The van der Waals surface area contributed by atoms with Gasteiger partial charge in [0.25, 0.3) is 0 Å². The van der Waals surface area contributed by atoms with Gasteiger partial charge in [0.2, 0.25) is 17.5 Å². The van der Waals surface area contributed by atoms with Gasteiger partial charge >= 0.3 is 0 Å². The fourth-order valence-corrected chi connectivity index (χ4v) is 3.09. The Bertz CT molecular complexity index is 1030. The Kier molecular flexibility index (Phi) is 5.49. The zero-order valence-corrected chi connectivity index (χ0v) is 16.1. The second kappa shape index (κ2) is 8.54. The summed E-state index contributed by atoms with van der Waals surface area (Å²) in [5.74, 6) is 1.06. The van der Waals surface area contributed by atoms with E-state index in [1.165, 1.54) is 0 Å². The van der Waals surface area contributed by atoms with Crippen molar-refractivity contribution in [3.8, 4) is 11.8 Å². The number of nitrogens with zero attached hydrogens (tertiary/aromatic N) is 6. The fourth-order valence-electron chi connectivity index (χ4n) is 3.09. The number of para-hydroxylation sites is 1. The molecular formula is C21H21N7O. The fraction of sp³-hybridized carbons (Fsp3) is 0.238. The van der Waals surface area contributed by atoms with Gasteiger partial charge in [0.15, 0.2) is 0 Å². The lowest BCUT2D eigenvalue weighted by Gasteiger charge is -2.27. The molecule has 1 aliphatic heterocycles. The third-order valence-electron chi connectivity index (χ3n) is 4.62. The zero-order valence-electron chi connectivity index (χ0n) is 16.1. The second-order valence-electron chi connectivity index (χ2n) is 6.64. The molecule has 8 nitrogen and oxygen atoms in total. The van der Waals surface area contributed by atoms with Crippen LogP contribution in [0, 0.1) is 18.3 Å². The zero-order chi connectivity index (χ0) is 20.1. The standard InChI is InChI=1S/C21H21N7O/c1-16-7-9-17(10-8-16)23-24-19(15-22)20-25-26-21(27-11-13-29-14-12-27)28(20)18-5-3-2-4-6-18/h2-10,23H,11-14H2,1H3. The van der Waals surface area contributed by atoms with E-state index < -0.39 is 0 Å². The molecule has 1 aromatic heterocycles. The lowest BCUT2D eigenvalue weighted by molar-refractivity contribution is 0.122. The Hall–Kier alpha value is -3.70. The van der Waals surface area contributed by atoms with Crippen LogP contribution >= 0.6 is 0 Å². The Morgan fingerprint density at radius 3 is 2.48 bits per heavy atom. The average Bonchev–Trinajstić information content (AvgIpc) is 3.22. The third-order valence-corrected chi connectivity index (χ3v) is 4.62. The number of aryl methyl sites for hydroxylation is 1. The summed E-state index contributed by atoms with van der Waals surface area (Å²) in [5.41, 5.74) is 5.91. The van der Waals surface area contributed by atoms with Crippen LogP contribution in [0.4, 0.5) is 11.6 Å². The van der Waals surface area contributed by atoms with Crippen molar-refractivity contribution in [1.82, 2.24) is 14.8 Å². The first kappa shape index (κ1) is 18.7. The van der Waals surface area contributed by atoms with Gasteiger partial charge in [0.05, 0.1) is 24.6 Å². The largest absolute Gasteiger partial charge is 0.378 e. The molecule has 2 heterocycles. The number of hydrazone groups is 1. The summed E-state index contributed by atoms with van der Waals surface area (Å²) in [7, 11) is 0. The van der Waals surface area contributed by atoms with Crippen LogP contribution in [0.15, 0.2) is 59.7 Å². The Balaban J connectivity index is 1.73. The van der Waals surface area contributed by atoms with Gasteiger partial charge in [-0.1, -0.05) is 35.9 Å². The summed E-state index contributed by atoms with van der Waals surface area (Å²) in [6.45, 7) is 4.71. The quantitative estimate of drug-likeness (QED) is 0.535. The Morgan fingerprint density at radius 1 is 1.07 bits per heavy atom. The van der Waals surface area contributed by atoms with E-state index in [-0.39, 0.29) is 5.71 Å². The summed E-state index contributed by atoms with van der Waals surface area (Å²) in [6.07, 6.45) is 0. The molecule has 0 unspecified atom stereocenters. The van der Waals surface area contributed by atoms with E-state index in [9.17, 15) is 5.26 Å². The van der Waals surface area contributed by atoms with Crippen molar-refractivity contribution in [3.05, 3.63) is 66.0 Å². The number of nitriles is 1. The molecule has 146 valence electrons. The van der Waals surface area contributed by atoms with Gasteiger partial charge in [-0.05, 0) is 31.2 Å². The molecule has 1 aliphatic rings. The first-order valence-electron chi connectivity index (χ1n) is 9.40. The number of ether oxygens (including phenoxy) is 1. The highest BCUT2D eigenvalue weighted by Crippen LogP contribution is 2.22. The minimum absolute atomic E-state index is 0.154. The molecule has 3 aromatic rings. The van der Waals surface area contributed by atoms with Crippen LogP contribution in [0.1, 0.15) is 11.4 Å². The number of hydrogen-bond acceptors (Lipinski definition) is 7. The van der Waals surface area contributed by atoms with Crippen molar-refractivity contribution in [1.29, 1.82) is 5.26 Å². The summed E-state index contributed by atoms with van der Waals surface area (Å²) < 4.78 is 7.32. The first-order valence-corrected chi connectivity index (χ1v) is 9.40. The highest BCUT2D eigenvalue weighted by Gasteiger charge is 2.24. The molecule has 0 amide bonds. The second-order valence-corrected chi connectivity index (χ2v) is 6.64. The maximum atomic E-state index is 9.76. The highest BCUT2D eigenvalue weighted by molar-refractivity contribution is 6.10. The number of aromatic nitrogens is 3. The molecule has 0 bridgehead atoms. The molecule has 1 fully saturated rings. The monoisotopic (exact) mass is 387 g/mol. The SMILES string of the molecule is Cc1ccc(NN=C(C#N)c2nnc(N3CCOCC3)n2-c2ccccc2)cc1. The van der Waals surface area contributed by atoms with E-state index in [2.05, 4.69) is 31.7 Å². The van der Waals surface area contributed by atoms with Crippen LogP contribution < -0.4 is 10.3 Å². The predicted molar refractivity (Wildman–Crippen MR) is 111 cm³/mol. The predicted octanol–water partition coefficient (Wildman–Crippen LogP) is 2.75.